The number of amides is 2. The van der Waals surface area contributed by atoms with Crippen LogP contribution in [0.1, 0.15) is 13.3 Å². The van der Waals surface area contributed by atoms with Gasteiger partial charge in [-0.15, -0.1) is 0 Å². The molecule has 0 aliphatic carbocycles. The topological polar surface area (TPSA) is 52.7 Å². The molecule has 27 heavy (non-hydrogen) atoms. The van der Waals surface area contributed by atoms with Gasteiger partial charge >= 0.3 is 0 Å². The van der Waals surface area contributed by atoms with Gasteiger partial charge in [0.2, 0.25) is 11.8 Å². The van der Waals surface area contributed by atoms with E-state index in [2.05, 4.69) is 5.32 Å². The van der Waals surface area contributed by atoms with Gasteiger partial charge in [-0.2, -0.15) is 0 Å². The van der Waals surface area contributed by atoms with Gasteiger partial charge in [-0.25, -0.2) is 8.78 Å². The minimum atomic E-state index is -0.622. The number of anilines is 2. The molecule has 3 rings (SSSR count). The van der Waals surface area contributed by atoms with E-state index in [1.165, 1.54) is 29.2 Å². The Hall–Kier alpha value is -2.80. The van der Waals surface area contributed by atoms with E-state index in [1.54, 1.807) is 43.1 Å². The molecule has 1 aliphatic rings. The largest absolute Gasteiger partial charge is 0.325 e. The zero-order chi connectivity index (χ0) is 19.6. The van der Waals surface area contributed by atoms with Gasteiger partial charge in [0.05, 0.1) is 17.8 Å². The third-order valence-corrected chi connectivity index (χ3v) is 4.89. The third kappa shape index (κ3) is 3.98. The third-order valence-electron chi connectivity index (χ3n) is 4.89. The van der Waals surface area contributed by atoms with Crippen LogP contribution in [0.4, 0.5) is 20.2 Å². The fourth-order valence-corrected chi connectivity index (χ4v) is 3.22. The van der Waals surface area contributed by atoms with Crippen molar-refractivity contribution < 1.29 is 18.4 Å². The Bertz CT molecular complexity index is 859. The number of carbonyl (C=O) groups excluding carboxylic acids is 2. The monoisotopic (exact) mass is 373 g/mol. The molecule has 1 N–H and O–H groups in total. The molecule has 2 aromatic carbocycles. The van der Waals surface area contributed by atoms with Crippen molar-refractivity contribution in [3.05, 3.63) is 60.2 Å². The fraction of sp³-hybridized carbons (Fsp3) is 0.300. The number of nitrogens with one attached hydrogen (secondary N) is 1. The summed E-state index contributed by atoms with van der Waals surface area (Å²) in [6, 6.07) is 10.6. The van der Waals surface area contributed by atoms with Crippen molar-refractivity contribution in [2.75, 3.05) is 23.8 Å². The molecule has 1 fully saturated rings. The molecule has 2 amide bonds. The van der Waals surface area contributed by atoms with Gasteiger partial charge in [0.15, 0.2) is 0 Å². The fourth-order valence-electron chi connectivity index (χ4n) is 3.22. The van der Waals surface area contributed by atoms with Crippen LogP contribution in [-0.2, 0) is 9.59 Å². The number of rotatable bonds is 5. The number of carbonyl (C=O) groups is 2. The van der Waals surface area contributed by atoms with Crippen LogP contribution >= 0.6 is 0 Å². The summed E-state index contributed by atoms with van der Waals surface area (Å²) in [6.45, 7) is 2.06. The van der Waals surface area contributed by atoms with Crippen molar-refractivity contribution in [3.8, 4) is 0 Å². The summed E-state index contributed by atoms with van der Waals surface area (Å²) in [4.78, 5) is 28.3. The van der Waals surface area contributed by atoms with Crippen molar-refractivity contribution in [1.29, 1.82) is 0 Å². The van der Waals surface area contributed by atoms with E-state index in [4.69, 9.17) is 0 Å². The van der Waals surface area contributed by atoms with E-state index >= 15 is 0 Å². The maximum Gasteiger partial charge on any atom is 0.244 e. The molecule has 2 aromatic rings. The van der Waals surface area contributed by atoms with Gasteiger partial charge < -0.3 is 10.2 Å². The second kappa shape index (κ2) is 7.84. The molecule has 7 heteroatoms. The minimum absolute atomic E-state index is 0.243. The Morgan fingerprint density at radius 1 is 1.22 bits per heavy atom. The molecule has 142 valence electrons. The first kappa shape index (κ1) is 19.0. The van der Waals surface area contributed by atoms with E-state index in [9.17, 15) is 18.4 Å². The highest BCUT2D eigenvalue weighted by Gasteiger charge is 2.39. The molecule has 2 atom stereocenters. The Morgan fingerprint density at radius 2 is 1.96 bits per heavy atom. The average Bonchev–Trinajstić information content (AvgIpc) is 3.02. The predicted molar refractivity (Wildman–Crippen MR) is 99.4 cm³/mol. The lowest BCUT2D eigenvalue weighted by Gasteiger charge is -2.28. The molecule has 0 radical (unpaired) electrons. The molecule has 5 nitrogen and oxygen atoms in total. The Labute approximate surface area is 156 Å². The summed E-state index contributed by atoms with van der Waals surface area (Å²) in [5.74, 6) is -1.49. The lowest BCUT2D eigenvalue weighted by Crippen LogP contribution is -2.48. The zero-order valence-electron chi connectivity index (χ0n) is 15.2. The van der Waals surface area contributed by atoms with Crippen molar-refractivity contribution in [2.24, 2.45) is 0 Å². The standard InChI is InChI=1S/C20H21F2N3O2/c1-13(19(26)23-15-7-5-6-14(21)12-15)24(2)18-10-11-25(20(18)27)17-9-4-3-8-16(17)22/h3-9,12-13,18H,10-11H2,1-2H3,(H,23,26). The Balaban J connectivity index is 1.68. The second-order valence-electron chi connectivity index (χ2n) is 6.59. The van der Waals surface area contributed by atoms with Crippen LogP contribution in [0.5, 0.6) is 0 Å². The van der Waals surface area contributed by atoms with E-state index in [1.807, 2.05) is 0 Å². The molecular weight excluding hydrogens is 352 g/mol. The average molecular weight is 373 g/mol. The molecule has 0 spiro atoms. The van der Waals surface area contributed by atoms with E-state index in [0.29, 0.717) is 18.7 Å². The Morgan fingerprint density at radius 3 is 2.67 bits per heavy atom. The first-order valence-electron chi connectivity index (χ1n) is 8.72. The minimum Gasteiger partial charge on any atom is -0.325 e. The number of hydrogen-bond acceptors (Lipinski definition) is 3. The van der Waals surface area contributed by atoms with Crippen LogP contribution in [0.25, 0.3) is 0 Å². The number of nitrogens with zero attached hydrogens (tertiary/aromatic N) is 2. The van der Waals surface area contributed by atoms with E-state index in [0.717, 1.165) is 0 Å². The molecule has 0 saturated carbocycles. The molecule has 1 saturated heterocycles. The first-order valence-corrected chi connectivity index (χ1v) is 8.72. The summed E-state index contributed by atoms with van der Waals surface area (Å²) < 4.78 is 27.3. The quantitative estimate of drug-likeness (QED) is 0.877. The van der Waals surface area contributed by atoms with Gasteiger partial charge in [0.1, 0.15) is 11.6 Å². The lowest BCUT2D eigenvalue weighted by atomic mass is 10.1. The number of benzene rings is 2. The van der Waals surface area contributed by atoms with Crippen LogP contribution < -0.4 is 10.2 Å². The van der Waals surface area contributed by atoms with Gasteiger partial charge in [0.25, 0.3) is 0 Å². The van der Waals surface area contributed by atoms with Crippen LogP contribution in [-0.4, -0.2) is 42.4 Å². The first-order chi connectivity index (χ1) is 12.9. The summed E-state index contributed by atoms with van der Waals surface area (Å²) in [6.07, 6.45) is 0.487. The molecule has 1 aliphatic heterocycles. The van der Waals surface area contributed by atoms with Crippen molar-refractivity contribution in [1.82, 2.24) is 4.90 Å². The molecule has 0 aromatic heterocycles. The zero-order valence-corrected chi connectivity index (χ0v) is 15.2. The summed E-state index contributed by atoms with van der Waals surface area (Å²) in [5.41, 5.74) is 0.598. The smallest absolute Gasteiger partial charge is 0.244 e. The van der Waals surface area contributed by atoms with Crippen LogP contribution in [0, 0.1) is 11.6 Å². The summed E-state index contributed by atoms with van der Waals surface area (Å²) in [5, 5.41) is 2.65. The highest BCUT2D eigenvalue weighted by molar-refractivity contribution is 6.00. The van der Waals surface area contributed by atoms with Gasteiger partial charge in [-0.1, -0.05) is 18.2 Å². The number of hydrogen-bond donors (Lipinski definition) is 1. The van der Waals surface area contributed by atoms with Gasteiger partial charge in [-0.3, -0.25) is 14.5 Å². The normalized spacial score (nSPS) is 18.0. The Kier molecular flexibility index (Phi) is 5.51. The number of halogens is 2. The van der Waals surface area contributed by atoms with Crippen molar-refractivity contribution >= 4 is 23.2 Å². The maximum atomic E-state index is 14.0. The van der Waals surface area contributed by atoms with E-state index < -0.39 is 23.7 Å². The molecule has 0 bridgehead atoms. The summed E-state index contributed by atoms with van der Waals surface area (Å²) >= 11 is 0. The maximum absolute atomic E-state index is 14.0. The highest BCUT2D eigenvalue weighted by atomic mass is 19.1. The lowest BCUT2D eigenvalue weighted by molar-refractivity contribution is -0.125. The predicted octanol–water partition coefficient (Wildman–Crippen LogP) is 3.03. The van der Waals surface area contributed by atoms with Crippen molar-refractivity contribution in [3.63, 3.8) is 0 Å². The molecular formula is C20H21F2N3O2. The van der Waals surface area contributed by atoms with Gasteiger partial charge in [-0.05, 0) is 50.7 Å². The van der Waals surface area contributed by atoms with Crippen molar-refractivity contribution in [2.45, 2.75) is 25.4 Å². The van der Waals surface area contributed by atoms with E-state index in [-0.39, 0.29) is 17.5 Å². The van der Waals surface area contributed by atoms with Crippen LogP contribution in [0.15, 0.2) is 48.5 Å². The van der Waals surface area contributed by atoms with Gasteiger partial charge in [0, 0.05) is 12.2 Å². The second-order valence-corrected chi connectivity index (χ2v) is 6.59. The SMILES string of the molecule is CC(C(=O)Nc1cccc(F)c1)N(C)C1CCN(c2ccccc2F)C1=O. The molecule has 1 heterocycles. The number of likely N-dealkylation sites (N-methyl/N-ethyl adjacent to an activating group) is 1. The highest BCUT2D eigenvalue weighted by Crippen LogP contribution is 2.27. The molecule has 2 unspecified atom stereocenters. The van der Waals surface area contributed by atoms with Crippen LogP contribution in [0.3, 0.4) is 0 Å². The van der Waals surface area contributed by atoms with Crippen LogP contribution in [0.2, 0.25) is 0 Å². The number of para-hydroxylation sites is 1. The summed E-state index contributed by atoms with van der Waals surface area (Å²) in [7, 11) is 1.68.